The van der Waals surface area contributed by atoms with Crippen molar-refractivity contribution in [2.24, 2.45) is 7.05 Å². The molecule has 1 aliphatic heterocycles. The smallest absolute Gasteiger partial charge is 0.264 e. The minimum atomic E-state index is -0.220. The summed E-state index contributed by atoms with van der Waals surface area (Å²) >= 11 is 1.84. The zero-order chi connectivity index (χ0) is 14.1. The summed E-state index contributed by atoms with van der Waals surface area (Å²) in [6, 6.07) is 0. The molecule has 1 fully saturated rings. The Hall–Kier alpha value is -1.83. The van der Waals surface area contributed by atoms with Gasteiger partial charge in [-0.05, 0) is 0 Å². The van der Waals surface area contributed by atoms with Crippen LogP contribution in [0.3, 0.4) is 0 Å². The molecule has 0 bridgehead atoms. The van der Waals surface area contributed by atoms with Crippen LogP contribution in [0.5, 0.6) is 0 Å². The highest BCUT2D eigenvalue weighted by Gasteiger charge is 2.18. The molecule has 0 spiro atoms. The molecule has 2 aromatic rings. The van der Waals surface area contributed by atoms with Gasteiger partial charge in [0.2, 0.25) is 5.91 Å². The number of nitrogens with zero attached hydrogens (tertiary/aromatic N) is 5. The predicted molar refractivity (Wildman–Crippen MR) is 76.7 cm³/mol. The third-order valence-corrected chi connectivity index (χ3v) is 4.33. The van der Waals surface area contributed by atoms with E-state index in [1.807, 2.05) is 11.8 Å². The minimum absolute atomic E-state index is 0.0301. The Kier molecular flexibility index (Phi) is 3.47. The van der Waals surface area contributed by atoms with Crippen LogP contribution in [-0.4, -0.2) is 54.7 Å². The molecular formula is C12H15N5O2S. The number of carbonyl (C=O) groups excluding carboxylic acids is 1. The van der Waals surface area contributed by atoms with Crippen molar-refractivity contribution in [3.8, 4) is 0 Å². The molecule has 3 heterocycles. The van der Waals surface area contributed by atoms with Crippen LogP contribution >= 0.6 is 11.8 Å². The third kappa shape index (κ3) is 2.31. The van der Waals surface area contributed by atoms with Crippen LogP contribution in [-0.2, 0) is 18.4 Å². The summed E-state index contributed by atoms with van der Waals surface area (Å²) in [6.45, 7) is 1.54. The zero-order valence-electron chi connectivity index (χ0n) is 11.2. The van der Waals surface area contributed by atoms with Crippen molar-refractivity contribution in [3.05, 3.63) is 22.9 Å². The molecule has 1 amide bonds. The quantitative estimate of drug-likeness (QED) is 0.760. The summed E-state index contributed by atoms with van der Waals surface area (Å²) in [5.41, 5.74) is 0.316. The number of hydrogen-bond acceptors (Lipinski definition) is 5. The van der Waals surface area contributed by atoms with Crippen LogP contribution in [0.2, 0.25) is 0 Å². The van der Waals surface area contributed by atoms with Gasteiger partial charge in [-0.15, -0.1) is 0 Å². The first kappa shape index (κ1) is 13.2. The molecule has 20 heavy (non-hydrogen) atoms. The lowest BCUT2D eigenvalue weighted by molar-refractivity contribution is -0.131. The number of carbonyl (C=O) groups is 1. The predicted octanol–water partition coefficient (Wildman–Crippen LogP) is -0.295. The lowest BCUT2D eigenvalue weighted by Gasteiger charge is -2.26. The van der Waals surface area contributed by atoms with Crippen molar-refractivity contribution < 1.29 is 4.79 Å². The van der Waals surface area contributed by atoms with Gasteiger partial charge in [-0.25, -0.2) is 4.98 Å². The van der Waals surface area contributed by atoms with Gasteiger partial charge in [0.1, 0.15) is 18.3 Å². The molecule has 8 heteroatoms. The van der Waals surface area contributed by atoms with Gasteiger partial charge in [0.05, 0.1) is 6.20 Å². The van der Waals surface area contributed by atoms with E-state index in [4.69, 9.17) is 0 Å². The summed E-state index contributed by atoms with van der Waals surface area (Å²) in [5, 5.41) is 4.45. The van der Waals surface area contributed by atoms with Crippen LogP contribution < -0.4 is 5.56 Å². The molecule has 0 radical (unpaired) electrons. The van der Waals surface area contributed by atoms with Crippen LogP contribution in [0.25, 0.3) is 11.0 Å². The van der Waals surface area contributed by atoms with Gasteiger partial charge in [-0.3, -0.25) is 18.8 Å². The number of amides is 1. The molecule has 106 valence electrons. The first-order valence-electron chi connectivity index (χ1n) is 6.39. The second-order valence-electron chi connectivity index (χ2n) is 4.68. The largest absolute Gasteiger partial charge is 0.339 e. The van der Waals surface area contributed by atoms with Crippen LogP contribution in [0.4, 0.5) is 0 Å². The first-order valence-corrected chi connectivity index (χ1v) is 7.55. The van der Waals surface area contributed by atoms with E-state index in [2.05, 4.69) is 10.1 Å². The molecule has 0 N–H and O–H groups in total. The molecule has 0 saturated carbocycles. The number of aryl methyl sites for hydroxylation is 1. The Morgan fingerprint density at radius 1 is 1.40 bits per heavy atom. The Morgan fingerprint density at radius 2 is 2.15 bits per heavy atom. The average molecular weight is 293 g/mol. The fourth-order valence-corrected chi connectivity index (χ4v) is 3.14. The van der Waals surface area contributed by atoms with Crippen LogP contribution in [0, 0.1) is 0 Å². The second kappa shape index (κ2) is 5.28. The van der Waals surface area contributed by atoms with Gasteiger partial charge in [0, 0.05) is 31.6 Å². The highest BCUT2D eigenvalue weighted by molar-refractivity contribution is 7.99. The minimum Gasteiger partial charge on any atom is -0.339 e. The summed E-state index contributed by atoms with van der Waals surface area (Å²) in [4.78, 5) is 30.4. The summed E-state index contributed by atoms with van der Waals surface area (Å²) in [5.74, 6) is 1.89. The molecule has 0 unspecified atom stereocenters. The van der Waals surface area contributed by atoms with E-state index in [0.29, 0.717) is 11.0 Å². The molecule has 0 aromatic carbocycles. The Morgan fingerprint density at radius 3 is 2.90 bits per heavy atom. The maximum absolute atomic E-state index is 12.3. The van der Waals surface area contributed by atoms with Crippen molar-refractivity contribution >= 4 is 28.7 Å². The van der Waals surface area contributed by atoms with Crippen molar-refractivity contribution in [2.75, 3.05) is 24.6 Å². The van der Waals surface area contributed by atoms with Crippen molar-refractivity contribution in [1.82, 2.24) is 24.2 Å². The van der Waals surface area contributed by atoms with E-state index in [9.17, 15) is 9.59 Å². The van der Waals surface area contributed by atoms with E-state index < -0.39 is 0 Å². The monoisotopic (exact) mass is 293 g/mol. The maximum Gasteiger partial charge on any atom is 0.264 e. The van der Waals surface area contributed by atoms with Crippen molar-refractivity contribution in [3.63, 3.8) is 0 Å². The molecular weight excluding hydrogens is 278 g/mol. The fourth-order valence-electron chi connectivity index (χ4n) is 2.24. The molecule has 1 aliphatic rings. The Labute approximate surface area is 119 Å². The van der Waals surface area contributed by atoms with E-state index in [1.54, 1.807) is 16.6 Å². The zero-order valence-corrected chi connectivity index (χ0v) is 12.0. The lowest BCUT2D eigenvalue weighted by Crippen LogP contribution is -2.41. The molecule has 1 saturated heterocycles. The highest BCUT2D eigenvalue weighted by atomic mass is 32.2. The number of thioether (sulfide) groups is 1. The first-order chi connectivity index (χ1) is 9.66. The van der Waals surface area contributed by atoms with Gasteiger partial charge < -0.3 is 4.90 Å². The molecule has 0 aliphatic carbocycles. The standard InChI is InChI=1S/C12H15N5O2S/c1-15-11-9(6-14-15)12(19)17(8-13-11)7-10(18)16-2-4-20-5-3-16/h6,8H,2-5,7H2,1H3. The Balaban J connectivity index is 1.85. The summed E-state index contributed by atoms with van der Waals surface area (Å²) in [6.07, 6.45) is 2.91. The lowest BCUT2D eigenvalue weighted by atomic mass is 10.4. The topological polar surface area (TPSA) is 73.0 Å². The number of fused-ring (bicyclic) bond motifs is 1. The second-order valence-corrected chi connectivity index (χ2v) is 5.90. The van der Waals surface area contributed by atoms with E-state index in [1.165, 1.54) is 17.1 Å². The van der Waals surface area contributed by atoms with Crippen molar-refractivity contribution in [1.29, 1.82) is 0 Å². The van der Waals surface area contributed by atoms with E-state index in [0.717, 1.165) is 24.6 Å². The van der Waals surface area contributed by atoms with Crippen LogP contribution in [0.15, 0.2) is 17.3 Å². The Bertz CT molecular complexity index is 701. The average Bonchev–Trinajstić information content (AvgIpc) is 2.85. The molecule has 0 atom stereocenters. The van der Waals surface area contributed by atoms with Crippen LogP contribution in [0.1, 0.15) is 0 Å². The van der Waals surface area contributed by atoms with Gasteiger partial charge in [-0.2, -0.15) is 16.9 Å². The fraction of sp³-hybridized carbons (Fsp3) is 0.500. The molecule has 7 nitrogen and oxygen atoms in total. The SMILES string of the molecule is Cn1ncc2c(=O)n(CC(=O)N3CCSCC3)cnc21. The third-order valence-electron chi connectivity index (χ3n) is 3.39. The van der Waals surface area contributed by atoms with E-state index in [-0.39, 0.29) is 18.0 Å². The van der Waals surface area contributed by atoms with Gasteiger partial charge in [0.15, 0.2) is 5.65 Å². The molecule has 3 rings (SSSR count). The van der Waals surface area contributed by atoms with Gasteiger partial charge in [-0.1, -0.05) is 0 Å². The summed E-state index contributed by atoms with van der Waals surface area (Å²) in [7, 11) is 1.73. The number of aromatic nitrogens is 4. The highest BCUT2D eigenvalue weighted by Crippen LogP contribution is 2.10. The number of rotatable bonds is 2. The maximum atomic E-state index is 12.3. The van der Waals surface area contributed by atoms with Gasteiger partial charge in [0.25, 0.3) is 5.56 Å². The van der Waals surface area contributed by atoms with Gasteiger partial charge >= 0.3 is 0 Å². The normalized spacial score (nSPS) is 15.8. The number of hydrogen-bond donors (Lipinski definition) is 0. The van der Waals surface area contributed by atoms with E-state index >= 15 is 0 Å². The molecule has 2 aromatic heterocycles. The summed E-state index contributed by atoms with van der Waals surface area (Å²) < 4.78 is 2.90. The van der Waals surface area contributed by atoms with Crippen molar-refractivity contribution in [2.45, 2.75) is 6.54 Å².